The molecule has 0 heterocycles. The molecule has 124 valence electrons. The molecule has 1 aliphatic carbocycles. The molecule has 1 atom stereocenters. The molecule has 21 heavy (non-hydrogen) atoms. The van der Waals surface area contributed by atoms with Crippen LogP contribution in [0.3, 0.4) is 0 Å². The van der Waals surface area contributed by atoms with Crippen LogP contribution in [0, 0.1) is 0 Å². The van der Waals surface area contributed by atoms with Crippen LogP contribution in [0.5, 0.6) is 0 Å². The zero-order valence-electron chi connectivity index (χ0n) is 13.7. The molecule has 0 bridgehead atoms. The predicted molar refractivity (Wildman–Crippen MR) is 84.0 cm³/mol. The van der Waals surface area contributed by atoms with Crippen LogP contribution < -0.4 is 0 Å². The minimum atomic E-state index is -1.03. The Balaban J connectivity index is 1.92. The van der Waals surface area contributed by atoms with Crippen molar-refractivity contribution in [2.45, 2.75) is 71.0 Å². The van der Waals surface area contributed by atoms with Gasteiger partial charge in [-0.15, -0.1) is 0 Å². The highest BCUT2D eigenvalue weighted by Gasteiger charge is 2.19. The number of allylic oxidation sites excluding steroid dienone is 2. The van der Waals surface area contributed by atoms with E-state index in [9.17, 15) is 5.11 Å². The van der Waals surface area contributed by atoms with Gasteiger partial charge in [0.15, 0.2) is 5.79 Å². The van der Waals surface area contributed by atoms with E-state index in [0.717, 1.165) is 37.9 Å². The standard InChI is InChI=1S/C17H32O4/c1-3-4-8-11-17(2,18)21-15-13-19-12-14-20-16-9-6-5-7-10-16/h9,18H,3-8,10-15H2,1-2H3. The number of ether oxygens (including phenoxy) is 3. The number of aliphatic hydroxyl groups is 1. The largest absolute Gasteiger partial charge is 0.496 e. The van der Waals surface area contributed by atoms with Crippen molar-refractivity contribution in [1.82, 2.24) is 0 Å². The normalized spacial score (nSPS) is 18.1. The Morgan fingerprint density at radius 3 is 2.67 bits per heavy atom. The van der Waals surface area contributed by atoms with E-state index in [2.05, 4.69) is 13.0 Å². The van der Waals surface area contributed by atoms with E-state index < -0.39 is 5.79 Å². The van der Waals surface area contributed by atoms with Gasteiger partial charge in [-0.25, -0.2) is 0 Å². The Morgan fingerprint density at radius 2 is 1.95 bits per heavy atom. The summed E-state index contributed by atoms with van der Waals surface area (Å²) in [6, 6.07) is 0. The summed E-state index contributed by atoms with van der Waals surface area (Å²) in [6.07, 6.45) is 10.8. The van der Waals surface area contributed by atoms with E-state index in [1.54, 1.807) is 6.92 Å². The zero-order chi connectivity index (χ0) is 15.4. The van der Waals surface area contributed by atoms with Gasteiger partial charge in [-0.1, -0.05) is 19.8 Å². The van der Waals surface area contributed by atoms with Crippen LogP contribution in [0.1, 0.15) is 65.2 Å². The molecular weight excluding hydrogens is 268 g/mol. The van der Waals surface area contributed by atoms with E-state index in [-0.39, 0.29) is 0 Å². The van der Waals surface area contributed by atoms with Crippen molar-refractivity contribution in [3.8, 4) is 0 Å². The van der Waals surface area contributed by atoms with Gasteiger partial charge in [-0.3, -0.25) is 0 Å². The summed E-state index contributed by atoms with van der Waals surface area (Å²) in [4.78, 5) is 0. The maximum absolute atomic E-state index is 10.0. The summed E-state index contributed by atoms with van der Waals surface area (Å²) in [5, 5.41) is 10.0. The molecule has 4 nitrogen and oxygen atoms in total. The molecule has 0 spiro atoms. The lowest BCUT2D eigenvalue weighted by molar-refractivity contribution is -0.201. The van der Waals surface area contributed by atoms with Crippen molar-refractivity contribution in [2.24, 2.45) is 0 Å². The number of hydrogen-bond acceptors (Lipinski definition) is 4. The second kappa shape index (κ2) is 11.0. The summed E-state index contributed by atoms with van der Waals surface area (Å²) in [7, 11) is 0. The van der Waals surface area contributed by atoms with Crippen molar-refractivity contribution in [3.05, 3.63) is 11.8 Å². The minimum absolute atomic E-state index is 0.418. The van der Waals surface area contributed by atoms with Crippen LogP contribution in [-0.2, 0) is 14.2 Å². The van der Waals surface area contributed by atoms with Crippen LogP contribution >= 0.6 is 0 Å². The van der Waals surface area contributed by atoms with Crippen molar-refractivity contribution in [3.63, 3.8) is 0 Å². The lowest BCUT2D eigenvalue weighted by Gasteiger charge is -2.23. The van der Waals surface area contributed by atoms with Gasteiger partial charge >= 0.3 is 0 Å². The monoisotopic (exact) mass is 300 g/mol. The molecule has 0 radical (unpaired) electrons. The molecule has 1 rings (SSSR count). The topological polar surface area (TPSA) is 47.9 Å². The highest BCUT2D eigenvalue weighted by atomic mass is 16.6. The minimum Gasteiger partial charge on any atom is -0.496 e. The number of rotatable bonds is 12. The summed E-state index contributed by atoms with van der Waals surface area (Å²) in [6.45, 7) is 5.95. The first kappa shape index (κ1) is 18.5. The second-order valence-corrected chi connectivity index (χ2v) is 5.86. The molecule has 0 aromatic heterocycles. The Labute approximate surface area is 129 Å². The van der Waals surface area contributed by atoms with E-state index in [0.29, 0.717) is 32.8 Å². The van der Waals surface area contributed by atoms with Crippen molar-refractivity contribution >= 4 is 0 Å². The van der Waals surface area contributed by atoms with Gasteiger partial charge in [-0.05, 0) is 38.7 Å². The molecule has 1 N–H and O–H groups in total. The number of unbranched alkanes of at least 4 members (excludes halogenated alkanes) is 2. The highest BCUT2D eigenvalue weighted by molar-refractivity contribution is 4.96. The smallest absolute Gasteiger partial charge is 0.162 e. The molecule has 1 unspecified atom stereocenters. The van der Waals surface area contributed by atoms with Gasteiger partial charge in [0, 0.05) is 12.8 Å². The molecule has 0 fully saturated rings. The average Bonchev–Trinajstić information content (AvgIpc) is 2.47. The van der Waals surface area contributed by atoms with E-state index >= 15 is 0 Å². The number of hydrogen-bond donors (Lipinski definition) is 1. The quantitative estimate of drug-likeness (QED) is 0.440. The first-order valence-corrected chi connectivity index (χ1v) is 8.40. The molecule has 0 aromatic rings. The van der Waals surface area contributed by atoms with Crippen LogP contribution in [0.2, 0.25) is 0 Å². The fraction of sp³-hybridized carbons (Fsp3) is 0.882. The van der Waals surface area contributed by atoms with Crippen molar-refractivity contribution in [1.29, 1.82) is 0 Å². The lowest BCUT2D eigenvalue weighted by atomic mass is 10.1. The molecular formula is C17H32O4. The average molecular weight is 300 g/mol. The third-order valence-corrected chi connectivity index (χ3v) is 3.65. The van der Waals surface area contributed by atoms with Crippen LogP contribution in [0.4, 0.5) is 0 Å². The molecule has 0 saturated heterocycles. The van der Waals surface area contributed by atoms with E-state index in [4.69, 9.17) is 14.2 Å². The Bertz CT molecular complexity index is 287. The molecule has 0 saturated carbocycles. The SMILES string of the molecule is CCCCCC(C)(O)OCCOCCOC1=CCCCC1. The molecule has 0 amide bonds. The summed E-state index contributed by atoms with van der Waals surface area (Å²) in [5.41, 5.74) is 0. The Kier molecular flexibility index (Phi) is 9.72. The lowest BCUT2D eigenvalue weighted by Crippen LogP contribution is -2.29. The van der Waals surface area contributed by atoms with Gasteiger partial charge in [0.25, 0.3) is 0 Å². The second-order valence-electron chi connectivity index (χ2n) is 5.86. The van der Waals surface area contributed by atoms with Crippen LogP contribution in [0.15, 0.2) is 11.8 Å². The molecule has 4 heteroatoms. The van der Waals surface area contributed by atoms with E-state index in [1.165, 1.54) is 12.8 Å². The van der Waals surface area contributed by atoms with Crippen LogP contribution in [0.25, 0.3) is 0 Å². The van der Waals surface area contributed by atoms with Gasteiger partial charge in [0.2, 0.25) is 0 Å². The summed E-state index contributed by atoms with van der Waals surface area (Å²) >= 11 is 0. The summed E-state index contributed by atoms with van der Waals surface area (Å²) in [5.74, 6) is 0.0852. The predicted octanol–water partition coefficient (Wildman–Crippen LogP) is 3.78. The highest BCUT2D eigenvalue weighted by Crippen LogP contribution is 2.18. The van der Waals surface area contributed by atoms with Crippen LogP contribution in [-0.4, -0.2) is 37.3 Å². The van der Waals surface area contributed by atoms with Crippen molar-refractivity contribution in [2.75, 3.05) is 26.4 Å². The third-order valence-electron chi connectivity index (χ3n) is 3.65. The maximum Gasteiger partial charge on any atom is 0.162 e. The Hall–Kier alpha value is -0.580. The first-order chi connectivity index (χ1) is 10.1. The molecule has 0 aromatic carbocycles. The fourth-order valence-electron chi connectivity index (χ4n) is 2.37. The molecule has 1 aliphatic rings. The first-order valence-electron chi connectivity index (χ1n) is 8.40. The summed E-state index contributed by atoms with van der Waals surface area (Å²) < 4.78 is 16.6. The fourth-order valence-corrected chi connectivity index (χ4v) is 2.37. The van der Waals surface area contributed by atoms with Gasteiger partial charge < -0.3 is 19.3 Å². The Morgan fingerprint density at radius 1 is 1.14 bits per heavy atom. The van der Waals surface area contributed by atoms with Crippen molar-refractivity contribution < 1.29 is 19.3 Å². The van der Waals surface area contributed by atoms with Gasteiger partial charge in [0.1, 0.15) is 6.61 Å². The van der Waals surface area contributed by atoms with Gasteiger partial charge in [0.05, 0.1) is 25.6 Å². The van der Waals surface area contributed by atoms with E-state index in [1.807, 2.05) is 0 Å². The molecule has 0 aliphatic heterocycles. The third kappa shape index (κ3) is 9.88. The zero-order valence-corrected chi connectivity index (χ0v) is 13.7. The van der Waals surface area contributed by atoms with Gasteiger partial charge in [-0.2, -0.15) is 0 Å². The maximum atomic E-state index is 10.0.